The zero-order chi connectivity index (χ0) is 16.7. The van der Waals surface area contributed by atoms with Gasteiger partial charge in [-0.3, -0.25) is 4.79 Å². The number of pyridine rings is 1. The molecule has 0 aliphatic rings. The Labute approximate surface area is 139 Å². The predicted molar refractivity (Wildman–Crippen MR) is 99.1 cm³/mol. The third-order valence-corrected chi connectivity index (χ3v) is 4.53. The average Bonchev–Trinajstić information content (AvgIpc) is 3.03. The number of hydrogen-bond acceptors (Lipinski definition) is 2. The topological polar surface area (TPSA) is 74.7 Å². The van der Waals surface area contributed by atoms with Crippen LogP contribution in [-0.4, -0.2) is 9.97 Å². The summed E-state index contributed by atoms with van der Waals surface area (Å²) in [5, 5.41) is 2.11. The molecule has 4 aromatic rings. The molecule has 4 nitrogen and oxygen atoms in total. The molecule has 0 bridgehead atoms. The molecule has 0 saturated heterocycles. The van der Waals surface area contributed by atoms with Crippen LogP contribution in [0.1, 0.15) is 18.1 Å². The monoisotopic (exact) mass is 317 g/mol. The maximum atomic E-state index is 12.5. The van der Waals surface area contributed by atoms with Crippen LogP contribution in [0.5, 0.6) is 0 Å². The Bertz CT molecular complexity index is 1100. The second-order valence-corrected chi connectivity index (χ2v) is 6.10. The number of rotatable bonds is 3. The maximum absolute atomic E-state index is 12.5. The Balaban J connectivity index is 1.91. The number of aromatic amines is 2. The lowest BCUT2D eigenvalue weighted by molar-refractivity contribution is 1.08. The molecule has 2 heterocycles. The summed E-state index contributed by atoms with van der Waals surface area (Å²) in [4.78, 5) is 18.8. The average molecular weight is 317 g/mol. The predicted octanol–water partition coefficient (Wildman–Crippen LogP) is 3.70. The lowest BCUT2D eigenvalue weighted by atomic mass is 10.1. The number of nitrogens with one attached hydrogen (secondary N) is 2. The van der Waals surface area contributed by atoms with Crippen LogP contribution in [0.25, 0.3) is 33.1 Å². The van der Waals surface area contributed by atoms with Gasteiger partial charge in [-0.15, -0.1) is 0 Å². The summed E-state index contributed by atoms with van der Waals surface area (Å²) < 4.78 is 0. The number of benzene rings is 2. The normalized spacial score (nSPS) is 11.4. The van der Waals surface area contributed by atoms with Gasteiger partial charge in [-0.25, -0.2) is 0 Å². The molecule has 4 N–H and O–H groups in total. The molecule has 2 aromatic carbocycles. The minimum Gasteiger partial charge on any atom is -0.354 e. The van der Waals surface area contributed by atoms with Crippen LogP contribution in [0, 0.1) is 0 Å². The highest BCUT2D eigenvalue weighted by Crippen LogP contribution is 2.25. The van der Waals surface area contributed by atoms with E-state index in [9.17, 15) is 4.79 Å². The van der Waals surface area contributed by atoms with E-state index in [1.165, 1.54) is 5.56 Å². The first-order valence-electron chi connectivity index (χ1n) is 8.16. The molecule has 4 heteroatoms. The van der Waals surface area contributed by atoms with E-state index in [2.05, 4.69) is 35.1 Å². The van der Waals surface area contributed by atoms with Gasteiger partial charge in [0, 0.05) is 23.0 Å². The van der Waals surface area contributed by atoms with Gasteiger partial charge in [-0.1, -0.05) is 19.1 Å². The zero-order valence-corrected chi connectivity index (χ0v) is 13.5. The van der Waals surface area contributed by atoms with E-state index in [1.807, 2.05) is 30.3 Å². The van der Waals surface area contributed by atoms with Gasteiger partial charge in [-0.05, 0) is 59.3 Å². The van der Waals surface area contributed by atoms with Crippen LogP contribution in [0.2, 0.25) is 0 Å². The van der Waals surface area contributed by atoms with Crippen molar-refractivity contribution >= 4 is 21.8 Å². The molecule has 0 spiro atoms. The molecule has 0 aliphatic heterocycles. The minimum atomic E-state index is -0.0858. The molecule has 0 radical (unpaired) electrons. The summed E-state index contributed by atoms with van der Waals surface area (Å²) in [6.45, 7) is 2.63. The first-order valence-corrected chi connectivity index (χ1v) is 8.16. The van der Waals surface area contributed by atoms with Crippen molar-refractivity contribution in [2.45, 2.75) is 19.9 Å². The largest absolute Gasteiger partial charge is 0.354 e. The van der Waals surface area contributed by atoms with Crippen LogP contribution >= 0.6 is 0 Å². The molecule has 4 rings (SSSR count). The highest BCUT2D eigenvalue weighted by Gasteiger charge is 2.09. The van der Waals surface area contributed by atoms with Gasteiger partial charge in [0.1, 0.15) is 0 Å². The van der Waals surface area contributed by atoms with Crippen molar-refractivity contribution in [3.63, 3.8) is 0 Å². The number of hydrogen-bond donors (Lipinski definition) is 3. The van der Waals surface area contributed by atoms with E-state index < -0.39 is 0 Å². The van der Waals surface area contributed by atoms with Gasteiger partial charge in [0.15, 0.2) is 0 Å². The summed E-state index contributed by atoms with van der Waals surface area (Å²) in [5.41, 5.74) is 11.3. The Hall–Kier alpha value is -2.85. The number of fused-ring (bicyclic) bond motifs is 2. The van der Waals surface area contributed by atoms with Gasteiger partial charge in [-0.2, -0.15) is 0 Å². The third-order valence-electron chi connectivity index (χ3n) is 4.53. The molecular weight excluding hydrogens is 298 g/mol. The summed E-state index contributed by atoms with van der Waals surface area (Å²) >= 11 is 0. The number of aromatic nitrogens is 2. The zero-order valence-electron chi connectivity index (χ0n) is 13.5. The molecule has 0 atom stereocenters. The highest BCUT2D eigenvalue weighted by atomic mass is 16.1. The van der Waals surface area contributed by atoms with E-state index in [0.29, 0.717) is 12.1 Å². The van der Waals surface area contributed by atoms with E-state index in [-0.39, 0.29) is 5.56 Å². The van der Waals surface area contributed by atoms with Gasteiger partial charge < -0.3 is 15.7 Å². The SMILES string of the molecule is CCc1ccc2[nH]c(=O)c(-c3cc4cc(CN)ccc4[nH]3)cc2c1. The van der Waals surface area contributed by atoms with Crippen LogP contribution in [0.15, 0.2) is 53.3 Å². The van der Waals surface area contributed by atoms with Crippen molar-refractivity contribution in [1.82, 2.24) is 9.97 Å². The standard InChI is InChI=1S/C20H19N3O/c1-2-12-3-5-18-14(7-12)9-16(20(24)23-18)19-10-15-8-13(11-21)4-6-17(15)22-19/h3-10,22H,2,11,21H2,1H3,(H,23,24). The summed E-state index contributed by atoms with van der Waals surface area (Å²) in [7, 11) is 0. The molecule has 0 amide bonds. The van der Waals surface area contributed by atoms with Crippen molar-refractivity contribution in [3.05, 3.63) is 70.0 Å². The van der Waals surface area contributed by atoms with Crippen molar-refractivity contribution < 1.29 is 0 Å². The van der Waals surface area contributed by atoms with Crippen LogP contribution in [0.3, 0.4) is 0 Å². The van der Waals surface area contributed by atoms with Gasteiger partial charge in [0.2, 0.25) is 0 Å². The number of H-pyrrole nitrogens is 2. The second kappa shape index (κ2) is 5.65. The number of nitrogens with two attached hydrogens (primary N) is 1. The van der Waals surface area contributed by atoms with Crippen molar-refractivity contribution in [2.75, 3.05) is 0 Å². The molecule has 120 valence electrons. The Morgan fingerprint density at radius 3 is 2.29 bits per heavy atom. The lowest BCUT2D eigenvalue weighted by Crippen LogP contribution is -2.08. The Morgan fingerprint density at radius 1 is 0.875 bits per heavy atom. The van der Waals surface area contributed by atoms with Crippen LogP contribution in [-0.2, 0) is 13.0 Å². The van der Waals surface area contributed by atoms with E-state index in [1.54, 1.807) is 0 Å². The summed E-state index contributed by atoms with van der Waals surface area (Å²) in [6.07, 6.45) is 0.971. The highest BCUT2D eigenvalue weighted by molar-refractivity contribution is 5.89. The van der Waals surface area contributed by atoms with Gasteiger partial charge in [0.05, 0.1) is 11.3 Å². The van der Waals surface area contributed by atoms with E-state index in [0.717, 1.165) is 39.5 Å². The molecule has 0 fully saturated rings. The fraction of sp³-hybridized carbons (Fsp3) is 0.150. The molecule has 24 heavy (non-hydrogen) atoms. The first kappa shape index (κ1) is 14.7. The minimum absolute atomic E-state index is 0.0858. The Morgan fingerprint density at radius 2 is 1.54 bits per heavy atom. The molecule has 0 aliphatic carbocycles. The lowest BCUT2D eigenvalue weighted by Gasteiger charge is -2.04. The maximum Gasteiger partial charge on any atom is 0.257 e. The first-order chi connectivity index (χ1) is 11.7. The van der Waals surface area contributed by atoms with Crippen molar-refractivity contribution in [3.8, 4) is 11.3 Å². The van der Waals surface area contributed by atoms with E-state index >= 15 is 0 Å². The smallest absolute Gasteiger partial charge is 0.257 e. The molecule has 0 saturated carbocycles. The van der Waals surface area contributed by atoms with Gasteiger partial charge >= 0.3 is 0 Å². The summed E-state index contributed by atoms with van der Waals surface area (Å²) in [5.74, 6) is 0. The fourth-order valence-electron chi connectivity index (χ4n) is 3.13. The fourth-order valence-corrected chi connectivity index (χ4v) is 3.13. The summed E-state index contributed by atoms with van der Waals surface area (Å²) in [6, 6.07) is 16.2. The third kappa shape index (κ3) is 2.41. The van der Waals surface area contributed by atoms with Crippen LogP contribution < -0.4 is 11.3 Å². The second-order valence-electron chi connectivity index (χ2n) is 6.10. The van der Waals surface area contributed by atoms with Crippen molar-refractivity contribution in [1.29, 1.82) is 0 Å². The van der Waals surface area contributed by atoms with Crippen LogP contribution in [0.4, 0.5) is 0 Å². The molecule has 2 aromatic heterocycles. The number of aryl methyl sites for hydroxylation is 1. The quantitative estimate of drug-likeness (QED) is 0.539. The molecule has 0 unspecified atom stereocenters. The van der Waals surface area contributed by atoms with Gasteiger partial charge in [0.25, 0.3) is 5.56 Å². The van der Waals surface area contributed by atoms with Crippen molar-refractivity contribution in [2.24, 2.45) is 5.73 Å². The molecular formula is C20H19N3O. The Kier molecular flexibility index (Phi) is 3.47. The van der Waals surface area contributed by atoms with E-state index in [4.69, 9.17) is 5.73 Å².